The molecule has 1 N–H and O–H groups in total. The molecule has 2 rings (SSSR count). The predicted molar refractivity (Wildman–Crippen MR) is 97.5 cm³/mol. The highest BCUT2D eigenvalue weighted by Gasteiger charge is 2.24. The summed E-state index contributed by atoms with van der Waals surface area (Å²) in [5, 5.41) is 4.17. The molecule has 0 radical (unpaired) electrons. The lowest BCUT2D eigenvalue weighted by molar-refractivity contribution is 0.439. The molecule has 1 aromatic rings. The molecule has 24 heavy (non-hydrogen) atoms. The summed E-state index contributed by atoms with van der Waals surface area (Å²) in [6.07, 6.45) is 14.6. The standard InChI is InChI=1S/C18H33N3O2S/c1-3-21-16(2)18(15-19-21)24(22,23)20-17-13-11-9-7-5-4-6-8-10-12-14-17/h15,17,20H,3-14H2,1-2H3. The van der Waals surface area contributed by atoms with Crippen molar-refractivity contribution in [2.75, 3.05) is 0 Å². The van der Waals surface area contributed by atoms with Crippen LogP contribution in [0.5, 0.6) is 0 Å². The van der Waals surface area contributed by atoms with Crippen LogP contribution in [0.4, 0.5) is 0 Å². The van der Waals surface area contributed by atoms with Gasteiger partial charge in [-0.05, 0) is 26.7 Å². The van der Waals surface area contributed by atoms with E-state index in [0.29, 0.717) is 11.4 Å². The van der Waals surface area contributed by atoms with Crippen molar-refractivity contribution in [1.82, 2.24) is 14.5 Å². The minimum absolute atomic E-state index is 0.0544. The molecule has 1 aromatic heterocycles. The van der Waals surface area contributed by atoms with Crippen LogP contribution < -0.4 is 4.72 Å². The first kappa shape index (κ1) is 19.4. The molecule has 1 saturated carbocycles. The minimum atomic E-state index is -3.48. The van der Waals surface area contributed by atoms with Gasteiger partial charge in [-0.15, -0.1) is 0 Å². The van der Waals surface area contributed by atoms with Gasteiger partial charge < -0.3 is 0 Å². The maximum absolute atomic E-state index is 12.8. The molecule has 0 aromatic carbocycles. The van der Waals surface area contributed by atoms with Crippen LogP contribution in [0.15, 0.2) is 11.1 Å². The number of aromatic nitrogens is 2. The zero-order valence-electron chi connectivity index (χ0n) is 15.3. The Labute approximate surface area is 147 Å². The minimum Gasteiger partial charge on any atom is -0.269 e. The molecule has 5 nitrogen and oxygen atoms in total. The summed E-state index contributed by atoms with van der Waals surface area (Å²) < 4.78 is 30.2. The summed E-state index contributed by atoms with van der Waals surface area (Å²) in [6, 6.07) is 0.0544. The fraction of sp³-hybridized carbons (Fsp3) is 0.833. The Hall–Kier alpha value is -0.880. The smallest absolute Gasteiger partial charge is 0.244 e. The van der Waals surface area contributed by atoms with Gasteiger partial charge in [-0.1, -0.05) is 57.8 Å². The van der Waals surface area contributed by atoms with Gasteiger partial charge in [0.1, 0.15) is 4.90 Å². The number of aryl methyl sites for hydroxylation is 1. The van der Waals surface area contributed by atoms with Gasteiger partial charge in [-0.2, -0.15) is 5.10 Å². The van der Waals surface area contributed by atoms with Crippen LogP contribution in [0.25, 0.3) is 0 Å². The molecular formula is C18H33N3O2S. The van der Waals surface area contributed by atoms with E-state index in [0.717, 1.165) is 31.4 Å². The molecule has 0 unspecified atom stereocenters. The van der Waals surface area contributed by atoms with E-state index in [1.165, 1.54) is 51.1 Å². The van der Waals surface area contributed by atoms with Gasteiger partial charge in [0.05, 0.1) is 11.9 Å². The highest BCUT2D eigenvalue weighted by molar-refractivity contribution is 7.89. The molecule has 6 heteroatoms. The number of sulfonamides is 1. The maximum Gasteiger partial charge on any atom is 0.244 e. The van der Waals surface area contributed by atoms with Gasteiger partial charge >= 0.3 is 0 Å². The molecule has 0 saturated heterocycles. The van der Waals surface area contributed by atoms with Crippen molar-refractivity contribution in [2.45, 2.75) is 102 Å². The van der Waals surface area contributed by atoms with E-state index in [-0.39, 0.29) is 6.04 Å². The molecule has 0 amide bonds. The zero-order valence-corrected chi connectivity index (χ0v) is 16.1. The molecule has 1 aliphatic rings. The third kappa shape index (κ3) is 5.59. The van der Waals surface area contributed by atoms with E-state index < -0.39 is 10.0 Å². The van der Waals surface area contributed by atoms with Gasteiger partial charge in [0.2, 0.25) is 10.0 Å². The van der Waals surface area contributed by atoms with Crippen LogP contribution >= 0.6 is 0 Å². The van der Waals surface area contributed by atoms with Crippen molar-refractivity contribution in [2.24, 2.45) is 0 Å². The van der Waals surface area contributed by atoms with Crippen LogP contribution in [-0.4, -0.2) is 24.2 Å². The fourth-order valence-electron chi connectivity index (χ4n) is 3.58. The van der Waals surface area contributed by atoms with Gasteiger partial charge in [-0.25, -0.2) is 13.1 Å². The Bertz CT molecular complexity index is 583. The van der Waals surface area contributed by atoms with Gasteiger partial charge in [0.15, 0.2) is 0 Å². The topological polar surface area (TPSA) is 64.0 Å². The summed E-state index contributed by atoms with van der Waals surface area (Å²) in [6.45, 7) is 4.48. The number of hydrogen-bond donors (Lipinski definition) is 1. The Morgan fingerprint density at radius 1 is 1.04 bits per heavy atom. The van der Waals surface area contributed by atoms with Crippen molar-refractivity contribution >= 4 is 10.0 Å². The lowest BCUT2D eigenvalue weighted by atomic mass is 9.98. The molecule has 1 heterocycles. The Morgan fingerprint density at radius 3 is 2.00 bits per heavy atom. The number of hydrogen-bond acceptors (Lipinski definition) is 3. The fourth-order valence-corrected chi connectivity index (χ4v) is 5.06. The molecule has 0 aliphatic heterocycles. The van der Waals surface area contributed by atoms with Gasteiger partial charge in [0.25, 0.3) is 0 Å². The molecule has 138 valence electrons. The van der Waals surface area contributed by atoms with Crippen LogP contribution in [0.2, 0.25) is 0 Å². The van der Waals surface area contributed by atoms with E-state index in [2.05, 4.69) is 9.82 Å². The van der Waals surface area contributed by atoms with Gasteiger partial charge in [-0.3, -0.25) is 4.68 Å². The first-order chi connectivity index (χ1) is 11.5. The molecule has 0 spiro atoms. The maximum atomic E-state index is 12.8. The van der Waals surface area contributed by atoms with Crippen LogP contribution in [0.1, 0.15) is 83.2 Å². The van der Waals surface area contributed by atoms with Gasteiger partial charge in [0, 0.05) is 12.6 Å². The van der Waals surface area contributed by atoms with Crippen molar-refractivity contribution in [3.05, 3.63) is 11.9 Å². The molecule has 0 bridgehead atoms. The van der Waals surface area contributed by atoms with E-state index in [1.807, 2.05) is 13.8 Å². The monoisotopic (exact) mass is 355 g/mol. The summed E-state index contributed by atoms with van der Waals surface area (Å²) in [7, 11) is -3.48. The molecule has 1 aliphatic carbocycles. The summed E-state index contributed by atoms with van der Waals surface area (Å²) in [5.41, 5.74) is 0.721. The average Bonchev–Trinajstić information content (AvgIpc) is 2.91. The lowest BCUT2D eigenvalue weighted by Gasteiger charge is -2.19. The molecule has 0 atom stereocenters. The summed E-state index contributed by atoms with van der Waals surface area (Å²) in [5.74, 6) is 0. The largest absolute Gasteiger partial charge is 0.269 e. The second-order valence-corrected chi connectivity index (χ2v) is 8.67. The second kappa shape index (κ2) is 9.56. The van der Waals surface area contributed by atoms with E-state index in [4.69, 9.17) is 0 Å². The first-order valence-corrected chi connectivity index (χ1v) is 11.1. The quantitative estimate of drug-likeness (QED) is 0.882. The molecular weight excluding hydrogens is 322 g/mol. The highest BCUT2D eigenvalue weighted by Crippen LogP contribution is 2.20. The SMILES string of the molecule is CCn1ncc(S(=O)(=O)NC2CCCCCCCCCCC2)c1C. The number of nitrogens with one attached hydrogen (secondary N) is 1. The zero-order chi connectivity index (χ0) is 17.4. The van der Waals surface area contributed by atoms with Crippen LogP contribution in [-0.2, 0) is 16.6 Å². The Balaban J connectivity index is 2.02. The average molecular weight is 356 g/mol. The lowest BCUT2D eigenvalue weighted by Crippen LogP contribution is -2.35. The van der Waals surface area contributed by atoms with Crippen molar-refractivity contribution < 1.29 is 8.42 Å². The second-order valence-electron chi connectivity index (χ2n) is 6.99. The predicted octanol–water partition coefficient (Wildman–Crippen LogP) is 4.16. The molecule has 1 fully saturated rings. The summed E-state index contributed by atoms with van der Waals surface area (Å²) in [4.78, 5) is 0.329. The van der Waals surface area contributed by atoms with E-state index in [1.54, 1.807) is 4.68 Å². The number of rotatable bonds is 4. The Kier molecular flexibility index (Phi) is 7.75. The third-order valence-corrected chi connectivity index (χ3v) is 6.70. The van der Waals surface area contributed by atoms with E-state index in [9.17, 15) is 8.42 Å². The van der Waals surface area contributed by atoms with Crippen molar-refractivity contribution in [1.29, 1.82) is 0 Å². The first-order valence-electron chi connectivity index (χ1n) is 9.59. The summed E-state index contributed by atoms with van der Waals surface area (Å²) >= 11 is 0. The van der Waals surface area contributed by atoms with Crippen molar-refractivity contribution in [3.63, 3.8) is 0 Å². The van der Waals surface area contributed by atoms with Crippen LogP contribution in [0, 0.1) is 6.92 Å². The third-order valence-electron chi connectivity index (χ3n) is 5.07. The van der Waals surface area contributed by atoms with Crippen molar-refractivity contribution in [3.8, 4) is 0 Å². The number of nitrogens with zero attached hydrogens (tertiary/aromatic N) is 2. The Morgan fingerprint density at radius 2 is 1.54 bits per heavy atom. The van der Waals surface area contributed by atoms with Crippen LogP contribution in [0.3, 0.4) is 0 Å². The normalized spacial score (nSPS) is 19.6. The van der Waals surface area contributed by atoms with E-state index >= 15 is 0 Å². The highest BCUT2D eigenvalue weighted by atomic mass is 32.2.